The van der Waals surface area contributed by atoms with Gasteiger partial charge in [0.2, 0.25) is 5.91 Å². The predicted octanol–water partition coefficient (Wildman–Crippen LogP) is 2.18. The average Bonchev–Trinajstić information content (AvgIpc) is 2.24. The molecular formula is C13H14BrNO3. The fourth-order valence-electron chi connectivity index (χ4n) is 2.08. The molecule has 1 aliphatic carbocycles. The number of halogens is 1. The van der Waals surface area contributed by atoms with Crippen molar-refractivity contribution in [3.05, 3.63) is 34.3 Å². The molecule has 2 atom stereocenters. The van der Waals surface area contributed by atoms with E-state index in [-0.39, 0.29) is 11.8 Å². The summed E-state index contributed by atoms with van der Waals surface area (Å²) in [6.07, 6.45) is 1.27. The van der Waals surface area contributed by atoms with Gasteiger partial charge in [-0.15, -0.1) is 0 Å². The van der Waals surface area contributed by atoms with Crippen LogP contribution in [0.2, 0.25) is 0 Å². The first-order valence-corrected chi connectivity index (χ1v) is 6.62. The first kappa shape index (κ1) is 13.1. The Labute approximate surface area is 114 Å². The summed E-state index contributed by atoms with van der Waals surface area (Å²) in [5, 5.41) is 11.7. The third-order valence-corrected chi connectivity index (χ3v) is 3.78. The van der Waals surface area contributed by atoms with Crippen LogP contribution in [0.5, 0.6) is 0 Å². The summed E-state index contributed by atoms with van der Waals surface area (Å²) < 4.78 is 0.960. The summed E-state index contributed by atoms with van der Waals surface area (Å²) in [5.74, 6) is -1.90. The van der Waals surface area contributed by atoms with E-state index in [4.69, 9.17) is 5.11 Å². The number of nitrogens with one attached hydrogen (secondary N) is 1. The number of hydrogen-bond acceptors (Lipinski definition) is 2. The Kier molecular flexibility index (Phi) is 4.01. The minimum atomic E-state index is -0.871. The van der Waals surface area contributed by atoms with Crippen LogP contribution in [0.3, 0.4) is 0 Å². The summed E-state index contributed by atoms with van der Waals surface area (Å²) >= 11 is 3.36. The van der Waals surface area contributed by atoms with Crippen LogP contribution in [-0.4, -0.2) is 17.0 Å². The first-order valence-electron chi connectivity index (χ1n) is 5.83. The van der Waals surface area contributed by atoms with Crippen molar-refractivity contribution in [1.29, 1.82) is 0 Å². The summed E-state index contributed by atoms with van der Waals surface area (Å²) in [6, 6.07) is 7.66. The van der Waals surface area contributed by atoms with Gasteiger partial charge in [0.1, 0.15) is 0 Å². The number of carbonyl (C=O) groups is 2. The maximum absolute atomic E-state index is 11.8. The van der Waals surface area contributed by atoms with E-state index in [1.54, 1.807) is 0 Å². The van der Waals surface area contributed by atoms with E-state index < -0.39 is 11.9 Å². The molecule has 0 heterocycles. The van der Waals surface area contributed by atoms with Crippen LogP contribution < -0.4 is 5.32 Å². The highest BCUT2D eigenvalue weighted by atomic mass is 79.9. The van der Waals surface area contributed by atoms with Gasteiger partial charge in [-0.05, 0) is 30.5 Å². The molecule has 0 spiro atoms. The van der Waals surface area contributed by atoms with Gasteiger partial charge in [-0.1, -0.05) is 28.1 Å². The number of benzene rings is 1. The molecule has 1 aromatic carbocycles. The van der Waals surface area contributed by atoms with Gasteiger partial charge in [0, 0.05) is 11.0 Å². The maximum atomic E-state index is 11.8. The Morgan fingerprint density at radius 3 is 2.61 bits per heavy atom. The van der Waals surface area contributed by atoms with E-state index in [0.717, 1.165) is 10.0 Å². The lowest BCUT2D eigenvalue weighted by Crippen LogP contribution is -2.43. The van der Waals surface area contributed by atoms with Crippen molar-refractivity contribution in [3.63, 3.8) is 0 Å². The van der Waals surface area contributed by atoms with Crippen LogP contribution in [-0.2, 0) is 16.1 Å². The molecular weight excluding hydrogens is 298 g/mol. The van der Waals surface area contributed by atoms with Gasteiger partial charge < -0.3 is 10.4 Å². The summed E-state index contributed by atoms with van der Waals surface area (Å²) in [4.78, 5) is 22.6. The van der Waals surface area contributed by atoms with E-state index in [0.29, 0.717) is 19.4 Å². The van der Waals surface area contributed by atoms with Gasteiger partial charge in [0.15, 0.2) is 0 Å². The van der Waals surface area contributed by atoms with E-state index in [2.05, 4.69) is 21.2 Å². The Morgan fingerprint density at radius 1 is 1.33 bits per heavy atom. The zero-order valence-corrected chi connectivity index (χ0v) is 11.3. The van der Waals surface area contributed by atoms with Crippen LogP contribution in [0, 0.1) is 11.8 Å². The zero-order chi connectivity index (χ0) is 13.1. The van der Waals surface area contributed by atoms with Gasteiger partial charge in [-0.2, -0.15) is 0 Å². The Morgan fingerprint density at radius 2 is 2.06 bits per heavy atom. The Balaban J connectivity index is 1.87. The molecule has 1 aromatic rings. The molecule has 2 rings (SSSR count). The molecule has 2 unspecified atom stereocenters. The Bertz CT molecular complexity index is 475. The first-order chi connectivity index (χ1) is 8.58. The summed E-state index contributed by atoms with van der Waals surface area (Å²) in [6.45, 7) is 0.432. The topological polar surface area (TPSA) is 66.4 Å². The van der Waals surface area contributed by atoms with Crippen molar-refractivity contribution in [2.75, 3.05) is 0 Å². The van der Waals surface area contributed by atoms with Crippen molar-refractivity contribution >= 4 is 27.8 Å². The Hall–Kier alpha value is -1.36. The number of carboxylic acid groups (broad SMARTS) is 1. The summed E-state index contributed by atoms with van der Waals surface area (Å²) in [5.41, 5.74) is 0.990. The van der Waals surface area contributed by atoms with Gasteiger partial charge in [-0.25, -0.2) is 0 Å². The third-order valence-electron chi connectivity index (χ3n) is 3.28. The predicted molar refractivity (Wildman–Crippen MR) is 69.8 cm³/mol. The maximum Gasteiger partial charge on any atom is 0.307 e. The normalized spacial score (nSPS) is 22.1. The van der Waals surface area contributed by atoms with Gasteiger partial charge in [0.25, 0.3) is 0 Å². The molecule has 1 saturated carbocycles. The van der Waals surface area contributed by atoms with Crippen LogP contribution in [0.25, 0.3) is 0 Å². The number of rotatable bonds is 4. The largest absolute Gasteiger partial charge is 0.481 e. The van der Waals surface area contributed by atoms with Crippen molar-refractivity contribution < 1.29 is 14.7 Å². The van der Waals surface area contributed by atoms with Gasteiger partial charge in [-0.3, -0.25) is 9.59 Å². The van der Waals surface area contributed by atoms with Gasteiger partial charge in [0.05, 0.1) is 11.8 Å². The molecule has 18 heavy (non-hydrogen) atoms. The highest BCUT2D eigenvalue weighted by Gasteiger charge is 2.41. The molecule has 1 amide bonds. The molecule has 0 bridgehead atoms. The highest BCUT2D eigenvalue weighted by Crippen LogP contribution is 2.34. The highest BCUT2D eigenvalue weighted by molar-refractivity contribution is 9.10. The van der Waals surface area contributed by atoms with E-state index in [9.17, 15) is 9.59 Å². The third kappa shape index (κ3) is 2.90. The standard InChI is InChI=1S/C13H14BrNO3/c14-9-3-1-2-8(6-9)7-15-12(16)10-4-5-11(10)13(17)18/h1-3,6,10-11H,4-5,7H2,(H,15,16)(H,17,18). The zero-order valence-electron chi connectivity index (χ0n) is 9.73. The molecule has 0 radical (unpaired) electrons. The molecule has 4 nitrogen and oxygen atoms in total. The molecule has 0 aromatic heterocycles. The van der Waals surface area contributed by atoms with E-state index >= 15 is 0 Å². The second kappa shape index (κ2) is 5.52. The minimum Gasteiger partial charge on any atom is -0.481 e. The SMILES string of the molecule is O=C(O)C1CCC1C(=O)NCc1cccc(Br)c1. The number of amides is 1. The molecule has 96 valence electrons. The fourth-order valence-corrected chi connectivity index (χ4v) is 2.52. The lowest BCUT2D eigenvalue weighted by molar-refractivity contribution is -0.152. The minimum absolute atomic E-state index is 0.159. The number of carbonyl (C=O) groups excluding carboxylic acids is 1. The lowest BCUT2D eigenvalue weighted by atomic mass is 9.73. The van der Waals surface area contributed by atoms with Crippen molar-refractivity contribution in [2.45, 2.75) is 19.4 Å². The molecule has 5 heteroatoms. The van der Waals surface area contributed by atoms with Gasteiger partial charge >= 0.3 is 5.97 Å². The number of carboxylic acids is 1. The van der Waals surface area contributed by atoms with Crippen LogP contribution >= 0.6 is 15.9 Å². The van der Waals surface area contributed by atoms with E-state index in [1.165, 1.54) is 0 Å². The smallest absolute Gasteiger partial charge is 0.307 e. The van der Waals surface area contributed by atoms with Crippen LogP contribution in [0.4, 0.5) is 0 Å². The molecule has 0 aliphatic heterocycles. The average molecular weight is 312 g/mol. The van der Waals surface area contributed by atoms with Crippen molar-refractivity contribution in [2.24, 2.45) is 11.8 Å². The summed E-state index contributed by atoms with van der Waals surface area (Å²) in [7, 11) is 0. The lowest BCUT2D eigenvalue weighted by Gasteiger charge is -2.31. The number of hydrogen-bond donors (Lipinski definition) is 2. The quantitative estimate of drug-likeness (QED) is 0.895. The van der Waals surface area contributed by atoms with Crippen LogP contribution in [0.15, 0.2) is 28.7 Å². The van der Waals surface area contributed by atoms with Crippen molar-refractivity contribution in [1.82, 2.24) is 5.32 Å². The fraction of sp³-hybridized carbons (Fsp3) is 0.385. The number of aliphatic carboxylic acids is 1. The molecule has 1 fully saturated rings. The van der Waals surface area contributed by atoms with Crippen molar-refractivity contribution in [3.8, 4) is 0 Å². The van der Waals surface area contributed by atoms with Crippen LogP contribution in [0.1, 0.15) is 18.4 Å². The second-order valence-electron chi connectivity index (χ2n) is 4.48. The molecule has 1 aliphatic rings. The molecule has 2 N–H and O–H groups in total. The monoisotopic (exact) mass is 311 g/mol. The van der Waals surface area contributed by atoms with E-state index in [1.807, 2.05) is 24.3 Å². The second-order valence-corrected chi connectivity index (χ2v) is 5.39. The molecule has 0 saturated heterocycles.